The fraction of sp³-hybridized carbons (Fsp3) is 0.600. The molecule has 1 aliphatic heterocycles. The Morgan fingerprint density at radius 3 is 2.94 bits per heavy atom. The molecule has 0 radical (unpaired) electrons. The number of nitrogens with zero attached hydrogens (tertiary/aromatic N) is 1. The zero-order valence-electron chi connectivity index (χ0n) is 8.94. The van der Waals surface area contributed by atoms with Gasteiger partial charge in [0, 0.05) is 24.9 Å². The summed E-state index contributed by atoms with van der Waals surface area (Å²) in [4.78, 5) is 25.2. The number of rotatable bonds is 2. The summed E-state index contributed by atoms with van der Waals surface area (Å²) in [6, 6.07) is 0. The molecule has 1 aromatic rings. The number of hydrogen-bond donors (Lipinski definition) is 2. The Labute approximate surface area is 92.0 Å². The second-order valence-corrected chi connectivity index (χ2v) is 3.85. The van der Waals surface area contributed by atoms with Crippen LogP contribution in [0.3, 0.4) is 0 Å². The van der Waals surface area contributed by atoms with E-state index in [4.69, 9.17) is 10.5 Å². The Morgan fingerprint density at radius 1 is 1.50 bits per heavy atom. The molecular weight excluding hydrogens is 210 g/mol. The maximum Gasteiger partial charge on any atom is 0.330 e. The number of hydrogen-bond acceptors (Lipinski definition) is 4. The largest absolute Gasteiger partial charge is 0.358 e. The molecule has 1 aliphatic rings. The number of aromatic nitrogens is 2. The van der Waals surface area contributed by atoms with Crippen LogP contribution < -0.4 is 17.0 Å². The van der Waals surface area contributed by atoms with Gasteiger partial charge in [0.2, 0.25) is 0 Å². The highest BCUT2D eigenvalue weighted by molar-refractivity contribution is 5.04. The van der Waals surface area contributed by atoms with E-state index in [9.17, 15) is 9.59 Å². The average molecular weight is 225 g/mol. The van der Waals surface area contributed by atoms with E-state index in [-0.39, 0.29) is 12.8 Å². The lowest BCUT2D eigenvalue weighted by Crippen LogP contribution is -2.36. The van der Waals surface area contributed by atoms with Gasteiger partial charge in [0.1, 0.15) is 6.23 Å². The summed E-state index contributed by atoms with van der Waals surface area (Å²) in [5.74, 6) is 0. The van der Waals surface area contributed by atoms with Gasteiger partial charge in [-0.25, -0.2) is 4.79 Å². The van der Waals surface area contributed by atoms with Crippen LogP contribution in [0.1, 0.15) is 31.1 Å². The molecule has 1 atom stereocenters. The highest BCUT2D eigenvalue weighted by Crippen LogP contribution is 2.20. The third-order valence-corrected chi connectivity index (χ3v) is 2.73. The summed E-state index contributed by atoms with van der Waals surface area (Å²) in [7, 11) is 0. The van der Waals surface area contributed by atoms with Gasteiger partial charge in [0.15, 0.2) is 0 Å². The molecule has 0 bridgehead atoms. The van der Waals surface area contributed by atoms with E-state index >= 15 is 0 Å². The number of nitrogens with two attached hydrogens (primary N) is 1. The minimum atomic E-state index is -0.436. The normalized spacial score (nSPS) is 20.9. The van der Waals surface area contributed by atoms with Gasteiger partial charge in [0.05, 0.1) is 0 Å². The summed E-state index contributed by atoms with van der Waals surface area (Å²) >= 11 is 0. The summed E-state index contributed by atoms with van der Waals surface area (Å²) in [5.41, 5.74) is 4.97. The Hall–Kier alpha value is -1.40. The molecule has 16 heavy (non-hydrogen) atoms. The van der Waals surface area contributed by atoms with Crippen molar-refractivity contribution < 1.29 is 4.74 Å². The molecule has 88 valence electrons. The van der Waals surface area contributed by atoms with Crippen molar-refractivity contribution in [2.75, 3.05) is 6.61 Å². The zero-order valence-corrected chi connectivity index (χ0v) is 8.94. The molecular formula is C10H15N3O3. The van der Waals surface area contributed by atoms with E-state index in [1.165, 1.54) is 10.8 Å². The minimum Gasteiger partial charge on any atom is -0.358 e. The van der Waals surface area contributed by atoms with E-state index in [1.807, 2.05) is 0 Å². The summed E-state index contributed by atoms with van der Waals surface area (Å²) in [6.45, 7) is 0.760. The third-order valence-electron chi connectivity index (χ3n) is 2.73. The summed E-state index contributed by atoms with van der Waals surface area (Å²) in [5, 5.41) is 0. The van der Waals surface area contributed by atoms with Crippen LogP contribution in [0.5, 0.6) is 0 Å². The molecule has 1 aromatic heterocycles. The first kappa shape index (κ1) is 11.1. The van der Waals surface area contributed by atoms with Crippen LogP contribution in [-0.2, 0) is 11.3 Å². The van der Waals surface area contributed by atoms with E-state index in [2.05, 4.69) is 4.98 Å². The summed E-state index contributed by atoms with van der Waals surface area (Å²) < 4.78 is 6.90. The molecule has 0 aromatic carbocycles. The molecule has 0 spiro atoms. The number of H-pyrrole nitrogens is 1. The summed E-state index contributed by atoms with van der Waals surface area (Å²) in [6.07, 6.45) is 4.04. The lowest BCUT2D eigenvalue weighted by molar-refractivity contribution is -0.0350. The molecule has 0 amide bonds. The van der Waals surface area contributed by atoms with Crippen molar-refractivity contribution in [3.8, 4) is 0 Å². The first-order chi connectivity index (χ1) is 7.72. The molecule has 6 nitrogen and oxygen atoms in total. The Bertz CT molecular complexity index is 471. The van der Waals surface area contributed by atoms with Crippen molar-refractivity contribution in [3.05, 3.63) is 32.6 Å². The molecule has 0 aliphatic carbocycles. The van der Waals surface area contributed by atoms with Gasteiger partial charge in [-0.3, -0.25) is 14.3 Å². The predicted octanol–water partition coefficient (Wildman–Crippen LogP) is -0.306. The van der Waals surface area contributed by atoms with Crippen LogP contribution in [0.25, 0.3) is 0 Å². The molecule has 0 saturated carbocycles. The smallest absolute Gasteiger partial charge is 0.330 e. The third kappa shape index (κ3) is 2.07. The van der Waals surface area contributed by atoms with Crippen LogP contribution in [-0.4, -0.2) is 16.2 Å². The van der Waals surface area contributed by atoms with Crippen molar-refractivity contribution >= 4 is 0 Å². The quantitative estimate of drug-likeness (QED) is 0.722. The fourth-order valence-corrected chi connectivity index (χ4v) is 1.83. The highest BCUT2D eigenvalue weighted by Gasteiger charge is 2.17. The Balaban J connectivity index is 2.39. The second-order valence-electron chi connectivity index (χ2n) is 3.85. The van der Waals surface area contributed by atoms with E-state index in [0.717, 1.165) is 19.3 Å². The topological polar surface area (TPSA) is 90.1 Å². The Kier molecular flexibility index (Phi) is 3.21. The first-order valence-electron chi connectivity index (χ1n) is 5.38. The molecule has 6 heteroatoms. The molecule has 3 N–H and O–H groups in total. The number of ether oxygens (including phenoxy) is 1. The van der Waals surface area contributed by atoms with Crippen molar-refractivity contribution in [2.45, 2.75) is 32.0 Å². The van der Waals surface area contributed by atoms with Crippen LogP contribution >= 0.6 is 0 Å². The van der Waals surface area contributed by atoms with Gasteiger partial charge in [-0.15, -0.1) is 0 Å². The van der Waals surface area contributed by atoms with E-state index < -0.39 is 11.2 Å². The second kappa shape index (κ2) is 4.63. The lowest BCUT2D eigenvalue weighted by atomic mass is 10.2. The average Bonchev–Trinajstić information content (AvgIpc) is 2.30. The van der Waals surface area contributed by atoms with Crippen molar-refractivity contribution in [2.24, 2.45) is 5.73 Å². The molecule has 2 rings (SSSR count). The maximum atomic E-state index is 11.6. The first-order valence-corrected chi connectivity index (χ1v) is 5.38. The number of aromatic amines is 1. The van der Waals surface area contributed by atoms with Gasteiger partial charge >= 0.3 is 5.69 Å². The maximum absolute atomic E-state index is 11.6. The fourth-order valence-electron chi connectivity index (χ4n) is 1.83. The molecule has 1 unspecified atom stereocenters. The lowest BCUT2D eigenvalue weighted by Gasteiger charge is -2.24. The van der Waals surface area contributed by atoms with Crippen molar-refractivity contribution in [3.63, 3.8) is 0 Å². The van der Waals surface area contributed by atoms with Gasteiger partial charge in [0.25, 0.3) is 5.56 Å². The molecule has 2 heterocycles. The molecule has 1 saturated heterocycles. The van der Waals surface area contributed by atoms with Gasteiger partial charge in [-0.1, -0.05) is 0 Å². The van der Waals surface area contributed by atoms with Gasteiger partial charge in [-0.05, 0) is 19.3 Å². The predicted molar refractivity (Wildman–Crippen MR) is 58.1 cm³/mol. The Morgan fingerprint density at radius 2 is 2.31 bits per heavy atom. The SMILES string of the molecule is NCc1cn(C2CCCCO2)c(=O)[nH]c1=O. The van der Waals surface area contributed by atoms with E-state index in [0.29, 0.717) is 12.2 Å². The minimum absolute atomic E-state index is 0.113. The standard InChI is InChI=1S/C10H15N3O3/c11-5-7-6-13(10(15)12-9(7)14)8-3-1-2-4-16-8/h6,8H,1-5,11H2,(H,12,14,15). The van der Waals surface area contributed by atoms with Crippen LogP contribution in [0.2, 0.25) is 0 Å². The van der Waals surface area contributed by atoms with Gasteiger partial charge in [-0.2, -0.15) is 0 Å². The van der Waals surface area contributed by atoms with Crippen LogP contribution in [0, 0.1) is 0 Å². The number of nitrogens with one attached hydrogen (secondary N) is 1. The van der Waals surface area contributed by atoms with Crippen LogP contribution in [0.4, 0.5) is 0 Å². The van der Waals surface area contributed by atoms with Gasteiger partial charge < -0.3 is 10.5 Å². The highest BCUT2D eigenvalue weighted by atomic mass is 16.5. The van der Waals surface area contributed by atoms with Crippen LogP contribution in [0.15, 0.2) is 15.8 Å². The van der Waals surface area contributed by atoms with Crippen molar-refractivity contribution in [1.29, 1.82) is 0 Å². The monoisotopic (exact) mass is 225 g/mol. The zero-order chi connectivity index (χ0) is 11.5. The van der Waals surface area contributed by atoms with E-state index in [1.54, 1.807) is 0 Å². The molecule has 1 fully saturated rings. The van der Waals surface area contributed by atoms with Crippen molar-refractivity contribution in [1.82, 2.24) is 9.55 Å².